The number of hydrogen-bond donors (Lipinski definition) is 3. The highest BCUT2D eigenvalue weighted by Gasteiger charge is 2.15. The van der Waals surface area contributed by atoms with Gasteiger partial charge in [0.15, 0.2) is 0 Å². The van der Waals surface area contributed by atoms with Gasteiger partial charge in [0.2, 0.25) is 0 Å². The molecule has 0 heterocycles. The fraction of sp³-hybridized carbons (Fsp3) is 0.467. The number of carbonyl (C=O) groups excluding carboxylic acids is 1. The number of rotatable bonds is 5. The van der Waals surface area contributed by atoms with Gasteiger partial charge < -0.3 is 21.1 Å². The minimum Gasteiger partial charge on any atom is -0.486 e. The summed E-state index contributed by atoms with van der Waals surface area (Å²) in [5, 5.41) is 5.83. The maximum absolute atomic E-state index is 12.0. The van der Waals surface area contributed by atoms with Crippen molar-refractivity contribution in [3.63, 3.8) is 0 Å². The molecule has 1 fully saturated rings. The standard InChI is InChI=1S/C15H21N3O2S/c16-14(21)10-20-13-8-4-7-12(9-13)18-15(19)17-11-5-2-1-3-6-11/h4,7-9,11H,1-3,5-6,10H2,(H2,16,21)(H2,17,18,19). The lowest BCUT2D eigenvalue weighted by Gasteiger charge is -2.22. The number of thiocarbonyl (C=S) groups is 1. The summed E-state index contributed by atoms with van der Waals surface area (Å²) >= 11 is 4.76. The van der Waals surface area contributed by atoms with Gasteiger partial charge in [0.25, 0.3) is 0 Å². The molecule has 21 heavy (non-hydrogen) atoms. The molecule has 0 radical (unpaired) electrons. The Morgan fingerprint density at radius 3 is 2.81 bits per heavy atom. The van der Waals surface area contributed by atoms with E-state index in [2.05, 4.69) is 10.6 Å². The van der Waals surface area contributed by atoms with Gasteiger partial charge in [-0.15, -0.1) is 0 Å². The molecule has 0 spiro atoms. The zero-order valence-corrected chi connectivity index (χ0v) is 12.7. The van der Waals surface area contributed by atoms with Crippen molar-refractivity contribution < 1.29 is 9.53 Å². The molecular weight excluding hydrogens is 286 g/mol. The average molecular weight is 307 g/mol. The van der Waals surface area contributed by atoms with Crippen molar-refractivity contribution in [3.8, 4) is 5.75 Å². The van der Waals surface area contributed by atoms with Crippen molar-refractivity contribution in [2.24, 2.45) is 5.73 Å². The Hall–Kier alpha value is -1.82. The lowest BCUT2D eigenvalue weighted by atomic mass is 9.96. The van der Waals surface area contributed by atoms with Crippen LogP contribution in [0.5, 0.6) is 5.75 Å². The second-order valence-corrected chi connectivity index (χ2v) is 5.74. The normalized spacial score (nSPS) is 15.2. The largest absolute Gasteiger partial charge is 0.486 e. The quantitative estimate of drug-likeness (QED) is 0.731. The molecule has 0 atom stereocenters. The van der Waals surface area contributed by atoms with Gasteiger partial charge in [-0.1, -0.05) is 37.5 Å². The van der Waals surface area contributed by atoms with E-state index in [-0.39, 0.29) is 18.7 Å². The highest BCUT2D eigenvalue weighted by Crippen LogP contribution is 2.19. The van der Waals surface area contributed by atoms with Crippen LogP contribution in [0.1, 0.15) is 32.1 Å². The first-order valence-corrected chi connectivity index (χ1v) is 7.63. The number of urea groups is 1. The number of ether oxygens (including phenoxy) is 1. The van der Waals surface area contributed by atoms with E-state index in [0.29, 0.717) is 16.4 Å². The Morgan fingerprint density at radius 2 is 2.10 bits per heavy atom. The van der Waals surface area contributed by atoms with E-state index < -0.39 is 0 Å². The summed E-state index contributed by atoms with van der Waals surface area (Å²) in [6.07, 6.45) is 5.76. The fourth-order valence-electron chi connectivity index (χ4n) is 2.42. The topological polar surface area (TPSA) is 76.4 Å². The maximum Gasteiger partial charge on any atom is 0.319 e. The molecule has 4 N–H and O–H groups in total. The van der Waals surface area contributed by atoms with E-state index in [1.807, 2.05) is 12.1 Å². The van der Waals surface area contributed by atoms with Gasteiger partial charge in [-0.25, -0.2) is 4.79 Å². The molecule has 2 rings (SSSR count). The predicted octanol–water partition coefficient (Wildman–Crippen LogP) is 2.81. The van der Waals surface area contributed by atoms with Crippen molar-refractivity contribution >= 4 is 28.9 Å². The zero-order chi connectivity index (χ0) is 15.1. The van der Waals surface area contributed by atoms with Gasteiger partial charge in [0.1, 0.15) is 17.3 Å². The zero-order valence-electron chi connectivity index (χ0n) is 11.9. The Morgan fingerprint density at radius 1 is 1.33 bits per heavy atom. The fourth-order valence-corrected chi connectivity index (χ4v) is 2.48. The van der Waals surface area contributed by atoms with Crippen molar-refractivity contribution in [1.29, 1.82) is 0 Å². The Bertz CT molecular complexity index is 501. The van der Waals surface area contributed by atoms with Crippen molar-refractivity contribution in [2.45, 2.75) is 38.1 Å². The third kappa shape index (κ3) is 5.59. The first-order valence-electron chi connectivity index (χ1n) is 7.22. The number of hydrogen-bond acceptors (Lipinski definition) is 3. The lowest BCUT2D eigenvalue weighted by Crippen LogP contribution is -2.39. The third-order valence-electron chi connectivity index (χ3n) is 3.41. The van der Waals surface area contributed by atoms with E-state index in [9.17, 15) is 4.79 Å². The van der Waals surface area contributed by atoms with Gasteiger partial charge >= 0.3 is 6.03 Å². The van der Waals surface area contributed by atoms with Gasteiger partial charge in [0.05, 0.1) is 0 Å². The molecule has 0 saturated heterocycles. The van der Waals surface area contributed by atoms with Crippen LogP contribution in [0.15, 0.2) is 24.3 Å². The van der Waals surface area contributed by atoms with Crippen LogP contribution in [0, 0.1) is 0 Å². The highest BCUT2D eigenvalue weighted by molar-refractivity contribution is 7.80. The number of anilines is 1. The van der Waals surface area contributed by atoms with Crippen LogP contribution < -0.4 is 21.1 Å². The molecule has 0 aliphatic heterocycles. The monoisotopic (exact) mass is 307 g/mol. The molecule has 6 heteroatoms. The number of amides is 2. The average Bonchev–Trinajstić information content (AvgIpc) is 2.46. The lowest BCUT2D eigenvalue weighted by molar-refractivity contribution is 0.244. The first-order chi connectivity index (χ1) is 10.1. The number of carbonyl (C=O) groups is 1. The highest BCUT2D eigenvalue weighted by atomic mass is 32.1. The molecular formula is C15H21N3O2S. The van der Waals surface area contributed by atoms with Crippen LogP contribution in [0.4, 0.5) is 10.5 Å². The van der Waals surface area contributed by atoms with Crippen LogP contribution >= 0.6 is 12.2 Å². The van der Waals surface area contributed by atoms with Crippen LogP contribution in [0.25, 0.3) is 0 Å². The van der Waals surface area contributed by atoms with E-state index in [4.69, 9.17) is 22.7 Å². The van der Waals surface area contributed by atoms with Crippen LogP contribution in [-0.4, -0.2) is 23.7 Å². The molecule has 1 saturated carbocycles. The molecule has 0 bridgehead atoms. The molecule has 1 aliphatic rings. The summed E-state index contributed by atoms with van der Waals surface area (Å²) in [6, 6.07) is 7.28. The minimum absolute atomic E-state index is 0.173. The maximum atomic E-state index is 12.0. The van der Waals surface area contributed by atoms with Crippen molar-refractivity contribution in [1.82, 2.24) is 5.32 Å². The van der Waals surface area contributed by atoms with Crippen LogP contribution in [0.3, 0.4) is 0 Å². The van der Waals surface area contributed by atoms with Gasteiger partial charge in [0, 0.05) is 17.8 Å². The van der Waals surface area contributed by atoms with Gasteiger partial charge in [-0.3, -0.25) is 0 Å². The Labute approximate surface area is 130 Å². The SMILES string of the molecule is NC(=S)COc1cccc(NC(=O)NC2CCCCC2)c1. The van der Waals surface area contributed by atoms with E-state index in [0.717, 1.165) is 12.8 Å². The Balaban J connectivity index is 1.85. The molecule has 5 nitrogen and oxygen atoms in total. The summed E-state index contributed by atoms with van der Waals surface area (Å²) in [5.74, 6) is 0.623. The summed E-state index contributed by atoms with van der Waals surface area (Å²) in [7, 11) is 0. The van der Waals surface area contributed by atoms with E-state index >= 15 is 0 Å². The molecule has 1 aromatic carbocycles. The first kappa shape index (κ1) is 15.6. The molecule has 1 aliphatic carbocycles. The minimum atomic E-state index is -0.173. The smallest absolute Gasteiger partial charge is 0.319 e. The second kappa shape index (κ2) is 7.83. The van der Waals surface area contributed by atoms with Crippen molar-refractivity contribution in [3.05, 3.63) is 24.3 Å². The Kier molecular flexibility index (Phi) is 5.80. The second-order valence-electron chi connectivity index (χ2n) is 5.22. The molecule has 1 aromatic rings. The van der Waals surface area contributed by atoms with Crippen molar-refractivity contribution in [2.75, 3.05) is 11.9 Å². The summed E-state index contributed by atoms with van der Waals surface area (Å²) in [4.78, 5) is 12.2. The molecule has 114 valence electrons. The number of benzene rings is 1. The summed E-state index contributed by atoms with van der Waals surface area (Å²) < 4.78 is 5.40. The van der Waals surface area contributed by atoms with Crippen LogP contribution in [-0.2, 0) is 0 Å². The van der Waals surface area contributed by atoms with E-state index in [1.165, 1.54) is 19.3 Å². The predicted molar refractivity (Wildman–Crippen MR) is 87.7 cm³/mol. The number of nitrogens with two attached hydrogens (primary N) is 1. The third-order valence-corrected chi connectivity index (χ3v) is 3.53. The summed E-state index contributed by atoms with van der Waals surface area (Å²) in [6.45, 7) is 0.188. The van der Waals surface area contributed by atoms with Gasteiger partial charge in [-0.05, 0) is 25.0 Å². The molecule has 0 aromatic heterocycles. The number of nitrogens with one attached hydrogen (secondary N) is 2. The molecule has 0 unspecified atom stereocenters. The van der Waals surface area contributed by atoms with E-state index in [1.54, 1.807) is 12.1 Å². The molecule has 2 amide bonds. The summed E-state index contributed by atoms with van der Waals surface area (Å²) in [5.41, 5.74) is 6.07. The van der Waals surface area contributed by atoms with Crippen LogP contribution in [0.2, 0.25) is 0 Å². The van der Waals surface area contributed by atoms with Gasteiger partial charge in [-0.2, -0.15) is 0 Å².